The van der Waals surface area contributed by atoms with Crippen LogP contribution in [0, 0.1) is 16.7 Å². The minimum Gasteiger partial charge on any atom is -0.389 e. The first-order valence-corrected chi connectivity index (χ1v) is 7.19. The number of likely N-dealkylation sites (N-methyl/N-ethyl adjacent to an activating group) is 1. The Balaban J connectivity index is 2.14. The number of unbranched alkanes of at least 4 members (excludes halogenated alkanes) is 1. The maximum Gasteiger partial charge on any atom is 0.0774 e. The molecule has 0 unspecified atom stereocenters. The summed E-state index contributed by atoms with van der Waals surface area (Å²) in [4.78, 5) is 2.24. The average Bonchev–Trinajstić information content (AvgIpc) is 2.71. The van der Waals surface area contributed by atoms with Crippen LogP contribution in [-0.2, 0) is 0 Å². The molecule has 18 heavy (non-hydrogen) atoms. The third-order valence-corrected chi connectivity index (χ3v) is 3.99. The molecule has 3 heteroatoms. The van der Waals surface area contributed by atoms with Crippen LogP contribution in [0.5, 0.6) is 0 Å². The van der Waals surface area contributed by atoms with E-state index in [4.69, 9.17) is 5.26 Å². The van der Waals surface area contributed by atoms with Gasteiger partial charge in [-0.25, -0.2) is 0 Å². The molecule has 0 spiro atoms. The molecule has 0 atom stereocenters. The van der Waals surface area contributed by atoms with Gasteiger partial charge in [0.05, 0.1) is 17.1 Å². The minimum atomic E-state index is -0.430. The van der Waals surface area contributed by atoms with Crippen molar-refractivity contribution in [3.63, 3.8) is 0 Å². The summed E-state index contributed by atoms with van der Waals surface area (Å²) in [6.45, 7) is 5.81. The predicted molar refractivity (Wildman–Crippen MR) is 74.2 cm³/mol. The Labute approximate surface area is 112 Å². The van der Waals surface area contributed by atoms with Crippen LogP contribution < -0.4 is 0 Å². The molecule has 0 saturated heterocycles. The van der Waals surface area contributed by atoms with Gasteiger partial charge < -0.3 is 10.0 Å². The zero-order valence-electron chi connectivity index (χ0n) is 12.2. The molecule has 1 N–H and O–H groups in total. The lowest BCUT2D eigenvalue weighted by atomic mass is 9.89. The zero-order valence-corrected chi connectivity index (χ0v) is 12.2. The SMILES string of the molecule is CN(CCCCC(C)(C)C#N)CC1(O)CCCC1. The molecule has 0 aliphatic heterocycles. The molecule has 0 amide bonds. The van der Waals surface area contributed by atoms with Gasteiger partial charge >= 0.3 is 0 Å². The van der Waals surface area contributed by atoms with Crippen molar-refractivity contribution in [2.45, 2.75) is 64.4 Å². The maximum atomic E-state index is 10.3. The molecule has 3 nitrogen and oxygen atoms in total. The van der Waals surface area contributed by atoms with Crippen LogP contribution in [0.4, 0.5) is 0 Å². The van der Waals surface area contributed by atoms with Crippen molar-refractivity contribution < 1.29 is 5.11 Å². The largest absolute Gasteiger partial charge is 0.389 e. The van der Waals surface area contributed by atoms with Crippen molar-refractivity contribution in [3.8, 4) is 6.07 Å². The van der Waals surface area contributed by atoms with Crippen molar-refractivity contribution in [2.24, 2.45) is 5.41 Å². The van der Waals surface area contributed by atoms with Crippen molar-refractivity contribution in [2.75, 3.05) is 20.1 Å². The van der Waals surface area contributed by atoms with Crippen molar-refractivity contribution in [1.29, 1.82) is 5.26 Å². The Morgan fingerprint density at radius 1 is 1.28 bits per heavy atom. The molecule has 1 aliphatic carbocycles. The van der Waals surface area contributed by atoms with Crippen LogP contribution in [0.1, 0.15) is 58.8 Å². The molecule has 0 heterocycles. The highest BCUT2D eigenvalue weighted by atomic mass is 16.3. The normalized spacial score (nSPS) is 19.1. The summed E-state index contributed by atoms with van der Waals surface area (Å²) in [6, 6.07) is 2.34. The Morgan fingerprint density at radius 3 is 2.44 bits per heavy atom. The average molecular weight is 252 g/mol. The van der Waals surface area contributed by atoms with Gasteiger partial charge in [-0.1, -0.05) is 19.3 Å². The standard InChI is InChI=1S/C15H28N2O/c1-14(2,12-16)8-6-7-11-17(3)13-15(18)9-4-5-10-15/h18H,4-11,13H2,1-3H3. The first-order chi connectivity index (χ1) is 8.37. The lowest BCUT2D eigenvalue weighted by molar-refractivity contribution is 0.0160. The number of aliphatic hydroxyl groups is 1. The summed E-state index contributed by atoms with van der Waals surface area (Å²) in [5, 5.41) is 19.2. The summed E-state index contributed by atoms with van der Waals surface area (Å²) >= 11 is 0. The minimum absolute atomic E-state index is 0.192. The van der Waals surface area contributed by atoms with Crippen LogP contribution in [0.3, 0.4) is 0 Å². The summed E-state index contributed by atoms with van der Waals surface area (Å²) < 4.78 is 0. The molecule has 0 aromatic rings. The summed E-state index contributed by atoms with van der Waals surface area (Å²) in [7, 11) is 2.09. The molecule has 1 fully saturated rings. The van der Waals surface area contributed by atoms with E-state index in [0.29, 0.717) is 0 Å². The van der Waals surface area contributed by atoms with E-state index >= 15 is 0 Å². The van der Waals surface area contributed by atoms with Crippen molar-refractivity contribution >= 4 is 0 Å². The van der Waals surface area contributed by atoms with Crippen LogP contribution in [-0.4, -0.2) is 35.7 Å². The molecule has 1 rings (SSSR count). The van der Waals surface area contributed by atoms with Crippen LogP contribution >= 0.6 is 0 Å². The van der Waals surface area contributed by atoms with E-state index in [1.165, 1.54) is 12.8 Å². The Morgan fingerprint density at radius 2 is 1.89 bits per heavy atom. The first-order valence-electron chi connectivity index (χ1n) is 7.19. The molecule has 0 aromatic carbocycles. The number of rotatable bonds is 7. The van der Waals surface area contributed by atoms with E-state index in [9.17, 15) is 5.11 Å². The molecular formula is C15H28N2O. The molecule has 1 aliphatic rings. The van der Waals surface area contributed by atoms with E-state index in [0.717, 1.165) is 45.2 Å². The second-order valence-corrected chi connectivity index (χ2v) is 6.62. The Bertz CT molecular complexity index is 287. The van der Waals surface area contributed by atoms with E-state index < -0.39 is 5.60 Å². The molecule has 0 bridgehead atoms. The lowest BCUT2D eigenvalue weighted by Gasteiger charge is -2.28. The van der Waals surface area contributed by atoms with Crippen molar-refractivity contribution in [3.05, 3.63) is 0 Å². The van der Waals surface area contributed by atoms with Gasteiger partial charge in [0, 0.05) is 6.54 Å². The third kappa shape index (κ3) is 5.37. The molecule has 104 valence electrons. The highest BCUT2D eigenvalue weighted by molar-refractivity contribution is 4.91. The van der Waals surface area contributed by atoms with Gasteiger partial charge in [0.25, 0.3) is 0 Å². The number of nitrogens with zero attached hydrogens (tertiary/aromatic N) is 2. The van der Waals surface area contributed by atoms with Gasteiger partial charge in [0.2, 0.25) is 0 Å². The lowest BCUT2D eigenvalue weighted by Crippen LogP contribution is -2.39. The summed E-state index contributed by atoms with van der Waals surface area (Å²) in [5.74, 6) is 0. The summed E-state index contributed by atoms with van der Waals surface area (Å²) in [6.07, 6.45) is 7.40. The Hall–Kier alpha value is -0.590. The van der Waals surface area contributed by atoms with Gasteiger partial charge in [-0.2, -0.15) is 5.26 Å². The van der Waals surface area contributed by atoms with Crippen molar-refractivity contribution in [1.82, 2.24) is 4.90 Å². The second-order valence-electron chi connectivity index (χ2n) is 6.62. The molecule has 0 radical (unpaired) electrons. The fourth-order valence-electron chi connectivity index (χ4n) is 2.78. The highest BCUT2D eigenvalue weighted by Crippen LogP contribution is 2.30. The molecule has 0 aromatic heterocycles. The first kappa shape index (κ1) is 15.5. The van der Waals surface area contributed by atoms with Gasteiger partial charge in [-0.15, -0.1) is 0 Å². The van der Waals surface area contributed by atoms with Crippen LogP contribution in [0.25, 0.3) is 0 Å². The monoisotopic (exact) mass is 252 g/mol. The number of hydrogen-bond acceptors (Lipinski definition) is 3. The van der Waals surface area contributed by atoms with Gasteiger partial charge in [-0.3, -0.25) is 0 Å². The van der Waals surface area contributed by atoms with Crippen LogP contribution in [0.2, 0.25) is 0 Å². The predicted octanol–water partition coefficient (Wildman–Crippen LogP) is 2.94. The number of nitriles is 1. The number of hydrogen-bond donors (Lipinski definition) is 1. The van der Waals surface area contributed by atoms with Gasteiger partial charge in [0.15, 0.2) is 0 Å². The maximum absolute atomic E-state index is 10.3. The molecule has 1 saturated carbocycles. The Kier molecular flexibility index (Phi) is 5.62. The summed E-state index contributed by atoms with van der Waals surface area (Å²) in [5.41, 5.74) is -0.622. The quantitative estimate of drug-likeness (QED) is 0.709. The smallest absolute Gasteiger partial charge is 0.0774 e. The zero-order chi connectivity index (χ0) is 13.6. The van der Waals surface area contributed by atoms with Gasteiger partial charge in [-0.05, 0) is 53.1 Å². The third-order valence-electron chi connectivity index (χ3n) is 3.99. The van der Waals surface area contributed by atoms with E-state index in [1.807, 2.05) is 13.8 Å². The van der Waals surface area contributed by atoms with Crippen LogP contribution in [0.15, 0.2) is 0 Å². The second kappa shape index (κ2) is 6.54. The van der Waals surface area contributed by atoms with E-state index in [1.54, 1.807) is 0 Å². The topological polar surface area (TPSA) is 47.3 Å². The highest BCUT2D eigenvalue weighted by Gasteiger charge is 2.31. The van der Waals surface area contributed by atoms with Gasteiger partial charge in [0.1, 0.15) is 0 Å². The fraction of sp³-hybridized carbons (Fsp3) is 0.933. The fourth-order valence-corrected chi connectivity index (χ4v) is 2.78. The van der Waals surface area contributed by atoms with E-state index in [2.05, 4.69) is 18.0 Å². The van der Waals surface area contributed by atoms with E-state index in [-0.39, 0.29) is 5.41 Å². The molecular weight excluding hydrogens is 224 g/mol.